The number of benzene rings is 2. The number of morpholine rings is 1. The molecule has 0 spiro atoms. The molecule has 6 N–H and O–H groups in total. The van der Waals surface area contributed by atoms with Gasteiger partial charge in [0, 0.05) is 36.2 Å². The summed E-state index contributed by atoms with van der Waals surface area (Å²) in [6.45, 7) is 0.893. The number of aliphatic imine (C=N–C) groups is 1. The highest BCUT2D eigenvalue weighted by atomic mass is 16.6. The lowest BCUT2D eigenvalue weighted by Gasteiger charge is -2.41. The van der Waals surface area contributed by atoms with Crippen LogP contribution in [0.5, 0.6) is 0 Å². The lowest BCUT2D eigenvalue weighted by atomic mass is 10.1. The summed E-state index contributed by atoms with van der Waals surface area (Å²) in [5, 5.41) is 34.4. The van der Waals surface area contributed by atoms with Gasteiger partial charge < -0.3 is 40.7 Å². The molecule has 2 aliphatic rings. The van der Waals surface area contributed by atoms with Crippen molar-refractivity contribution in [1.82, 2.24) is 0 Å². The molecule has 2 aromatic carbocycles. The molecular formula is C22H26N4O6. The number of ether oxygens (including phenoxy) is 2. The molecule has 4 atom stereocenters. The number of hydrogen-bond donors (Lipinski definition) is 5. The Balaban J connectivity index is 1.48. The summed E-state index contributed by atoms with van der Waals surface area (Å²) in [5.74, 6) is -0.261. The van der Waals surface area contributed by atoms with Crippen LogP contribution < -0.4 is 16.0 Å². The van der Waals surface area contributed by atoms with E-state index in [4.69, 9.17) is 15.2 Å². The van der Waals surface area contributed by atoms with Gasteiger partial charge in [-0.3, -0.25) is 9.79 Å². The van der Waals surface area contributed by atoms with Crippen molar-refractivity contribution in [1.29, 1.82) is 0 Å². The number of nitrogens with two attached hydrogens (primary N) is 1. The number of nitrogens with zero attached hydrogens (tertiary/aromatic N) is 2. The maximum Gasteiger partial charge on any atom is 0.256 e. The zero-order chi connectivity index (χ0) is 22.8. The Kier molecular flexibility index (Phi) is 6.40. The molecule has 2 heterocycles. The highest BCUT2D eigenvalue weighted by Crippen LogP contribution is 2.31. The van der Waals surface area contributed by atoms with Crippen molar-refractivity contribution < 1.29 is 29.6 Å². The number of amides is 1. The lowest BCUT2D eigenvalue weighted by Crippen LogP contribution is -2.58. The van der Waals surface area contributed by atoms with Crippen molar-refractivity contribution >= 4 is 23.1 Å². The van der Waals surface area contributed by atoms with Crippen LogP contribution in [0.2, 0.25) is 0 Å². The average Bonchev–Trinajstić information content (AvgIpc) is 3.18. The SMILES string of the molecule is COC(O)c1ccccc1N1CCOC(C(O)C(=O)Nc2ccc3c(c2)CN=C3N)C1O. The fourth-order valence-corrected chi connectivity index (χ4v) is 3.96. The van der Waals surface area contributed by atoms with Crippen LogP contribution in [-0.4, -0.2) is 65.8 Å². The van der Waals surface area contributed by atoms with E-state index in [0.717, 1.165) is 11.1 Å². The Morgan fingerprint density at radius 1 is 1.31 bits per heavy atom. The van der Waals surface area contributed by atoms with Gasteiger partial charge >= 0.3 is 0 Å². The van der Waals surface area contributed by atoms with Gasteiger partial charge in [-0.15, -0.1) is 0 Å². The van der Waals surface area contributed by atoms with Gasteiger partial charge in [-0.05, 0) is 29.8 Å². The minimum Gasteiger partial charge on any atom is -0.383 e. The number of aliphatic hydroxyl groups is 3. The van der Waals surface area contributed by atoms with E-state index in [1.165, 1.54) is 7.11 Å². The number of para-hydroxylation sites is 1. The maximum absolute atomic E-state index is 12.7. The zero-order valence-corrected chi connectivity index (χ0v) is 17.5. The summed E-state index contributed by atoms with van der Waals surface area (Å²) in [7, 11) is 1.37. The molecule has 32 heavy (non-hydrogen) atoms. The number of methoxy groups -OCH3 is 1. The number of fused-ring (bicyclic) bond motifs is 1. The van der Waals surface area contributed by atoms with E-state index < -0.39 is 30.6 Å². The third kappa shape index (κ3) is 4.18. The second kappa shape index (κ2) is 9.23. The van der Waals surface area contributed by atoms with Crippen LogP contribution in [-0.2, 0) is 20.8 Å². The molecule has 170 valence electrons. The average molecular weight is 442 g/mol. The van der Waals surface area contributed by atoms with Gasteiger partial charge in [-0.2, -0.15) is 0 Å². The van der Waals surface area contributed by atoms with Crippen LogP contribution in [0.3, 0.4) is 0 Å². The molecule has 0 radical (unpaired) electrons. The third-order valence-corrected chi connectivity index (χ3v) is 5.64. The van der Waals surface area contributed by atoms with Crippen LogP contribution in [0.4, 0.5) is 11.4 Å². The van der Waals surface area contributed by atoms with E-state index >= 15 is 0 Å². The van der Waals surface area contributed by atoms with Crippen molar-refractivity contribution in [2.24, 2.45) is 10.7 Å². The van der Waals surface area contributed by atoms with Crippen LogP contribution in [0.25, 0.3) is 0 Å². The standard InChI is InChI=1S/C22H26N4O6/c1-31-22(30)15-4-2-3-5-16(15)26-8-9-32-18(21(26)29)17(27)20(28)25-13-6-7-14-12(10-13)11-24-19(14)23/h2-7,10,17-18,21-22,27,29-30H,8-9,11H2,1H3,(H2,23,24)(H,25,28). The van der Waals surface area contributed by atoms with Crippen molar-refractivity contribution in [3.63, 3.8) is 0 Å². The topological polar surface area (TPSA) is 150 Å². The highest BCUT2D eigenvalue weighted by molar-refractivity contribution is 6.02. The summed E-state index contributed by atoms with van der Waals surface area (Å²) in [6.07, 6.45) is -5.36. The van der Waals surface area contributed by atoms with E-state index in [9.17, 15) is 20.1 Å². The van der Waals surface area contributed by atoms with E-state index in [-0.39, 0.29) is 6.61 Å². The summed E-state index contributed by atoms with van der Waals surface area (Å²) >= 11 is 0. The first kappa shape index (κ1) is 22.2. The minimum absolute atomic E-state index is 0.166. The number of amidine groups is 1. The van der Waals surface area contributed by atoms with Gasteiger partial charge in [-0.1, -0.05) is 18.2 Å². The number of nitrogens with one attached hydrogen (secondary N) is 1. The van der Waals surface area contributed by atoms with Crippen molar-refractivity contribution in [3.8, 4) is 0 Å². The van der Waals surface area contributed by atoms with Crippen molar-refractivity contribution in [3.05, 3.63) is 59.2 Å². The molecule has 10 nitrogen and oxygen atoms in total. The van der Waals surface area contributed by atoms with E-state index in [1.54, 1.807) is 47.4 Å². The first-order chi connectivity index (χ1) is 15.4. The Hall–Kier alpha value is -3.02. The van der Waals surface area contributed by atoms with E-state index in [2.05, 4.69) is 10.3 Å². The van der Waals surface area contributed by atoms with Gasteiger partial charge in [0.15, 0.2) is 18.6 Å². The Morgan fingerprint density at radius 3 is 2.88 bits per heavy atom. The fourth-order valence-electron chi connectivity index (χ4n) is 3.96. The smallest absolute Gasteiger partial charge is 0.256 e. The molecule has 4 rings (SSSR count). The number of carbonyl (C=O) groups excluding carboxylic acids is 1. The normalized spacial score (nSPS) is 22.1. The molecule has 0 aromatic heterocycles. The Bertz CT molecular complexity index is 1030. The minimum atomic E-state index is -1.64. The van der Waals surface area contributed by atoms with Crippen molar-refractivity contribution in [2.45, 2.75) is 31.3 Å². The van der Waals surface area contributed by atoms with Gasteiger partial charge in [0.25, 0.3) is 5.91 Å². The number of carbonyl (C=O) groups is 1. The first-order valence-electron chi connectivity index (χ1n) is 10.2. The summed E-state index contributed by atoms with van der Waals surface area (Å²) in [4.78, 5) is 18.4. The molecule has 0 bridgehead atoms. The quantitative estimate of drug-likeness (QED) is 0.395. The predicted octanol–water partition coefficient (Wildman–Crippen LogP) is 0.0660. The molecule has 0 saturated carbocycles. The van der Waals surface area contributed by atoms with Crippen LogP contribution in [0, 0.1) is 0 Å². The first-order valence-corrected chi connectivity index (χ1v) is 10.2. The Labute approximate surface area is 184 Å². The molecule has 0 aliphatic carbocycles. The summed E-state index contributed by atoms with van der Waals surface area (Å²) in [5.41, 5.74) is 8.96. The molecule has 2 aromatic rings. The van der Waals surface area contributed by atoms with E-state index in [0.29, 0.717) is 35.9 Å². The van der Waals surface area contributed by atoms with Crippen LogP contribution in [0.1, 0.15) is 23.0 Å². The molecule has 1 saturated heterocycles. The molecule has 2 aliphatic heterocycles. The predicted molar refractivity (Wildman–Crippen MR) is 117 cm³/mol. The molecule has 4 unspecified atom stereocenters. The summed E-state index contributed by atoms with van der Waals surface area (Å²) < 4.78 is 10.6. The van der Waals surface area contributed by atoms with Crippen LogP contribution >= 0.6 is 0 Å². The number of aliphatic hydroxyl groups excluding tert-OH is 3. The number of hydrogen-bond acceptors (Lipinski definition) is 9. The van der Waals surface area contributed by atoms with Gasteiger partial charge in [-0.25, -0.2) is 0 Å². The summed E-state index contributed by atoms with van der Waals surface area (Å²) in [6, 6.07) is 12.1. The molecule has 10 heteroatoms. The number of anilines is 2. The van der Waals surface area contributed by atoms with Gasteiger partial charge in [0.05, 0.1) is 13.2 Å². The van der Waals surface area contributed by atoms with Crippen LogP contribution in [0.15, 0.2) is 47.5 Å². The van der Waals surface area contributed by atoms with Gasteiger partial charge in [0.2, 0.25) is 0 Å². The van der Waals surface area contributed by atoms with Crippen molar-refractivity contribution in [2.75, 3.05) is 30.5 Å². The van der Waals surface area contributed by atoms with E-state index in [1.807, 2.05) is 0 Å². The largest absolute Gasteiger partial charge is 0.383 e. The maximum atomic E-state index is 12.7. The Morgan fingerprint density at radius 2 is 2.09 bits per heavy atom. The van der Waals surface area contributed by atoms with Gasteiger partial charge in [0.1, 0.15) is 11.9 Å². The fraction of sp³-hybridized carbons (Fsp3) is 0.364. The third-order valence-electron chi connectivity index (χ3n) is 5.64. The second-order valence-corrected chi connectivity index (χ2v) is 7.60. The number of rotatable bonds is 6. The monoisotopic (exact) mass is 442 g/mol. The highest BCUT2D eigenvalue weighted by Gasteiger charge is 2.40. The zero-order valence-electron chi connectivity index (χ0n) is 17.5. The molecular weight excluding hydrogens is 416 g/mol. The molecule has 1 fully saturated rings. The molecule has 1 amide bonds. The lowest BCUT2D eigenvalue weighted by molar-refractivity contribution is -0.148. The second-order valence-electron chi connectivity index (χ2n) is 7.60.